The summed E-state index contributed by atoms with van der Waals surface area (Å²) in [5.41, 5.74) is 0.945. The smallest absolute Gasteiger partial charge is 0.211 e. The molecule has 1 atom stereocenters. The Morgan fingerprint density at radius 3 is 2.54 bits per heavy atom. The van der Waals surface area contributed by atoms with Crippen molar-refractivity contribution in [2.45, 2.75) is 25.8 Å². The topological polar surface area (TPSA) is 73.8 Å². The minimum Gasteiger partial charge on any atom is -0.356 e. The van der Waals surface area contributed by atoms with Gasteiger partial charge in [-0.1, -0.05) is 29.3 Å². The lowest BCUT2D eigenvalue weighted by Gasteiger charge is -2.30. The van der Waals surface area contributed by atoms with Crippen LogP contribution in [0.25, 0.3) is 0 Å². The Morgan fingerprint density at radius 1 is 1.35 bits per heavy atom. The number of hydrogen-bond acceptors (Lipinski definition) is 3. The number of aliphatic imine (C=N–C) groups is 1. The van der Waals surface area contributed by atoms with Crippen molar-refractivity contribution in [1.29, 1.82) is 0 Å². The molecule has 9 heteroatoms. The summed E-state index contributed by atoms with van der Waals surface area (Å²) in [7, 11) is -1.36. The fourth-order valence-electron chi connectivity index (χ4n) is 3.02. The SMILES string of the molecule is CN=C(NCC1CCN(S(C)(=O)=O)CC1)NC(C)c1ccc(Cl)cc1Cl. The van der Waals surface area contributed by atoms with Gasteiger partial charge in [0, 0.05) is 36.7 Å². The molecule has 1 saturated heterocycles. The van der Waals surface area contributed by atoms with Crippen LogP contribution in [0.5, 0.6) is 0 Å². The van der Waals surface area contributed by atoms with Gasteiger partial charge in [-0.3, -0.25) is 4.99 Å². The first-order chi connectivity index (χ1) is 12.2. The molecule has 0 aliphatic carbocycles. The van der Waals surface area contributed by atoms with Crippen molar-refractivity contribution in [3.8, 4) is 0 Å². The Morgan fingerprint density at radius 2 is 2.00 bits per heavy atom. The van der Waals surface area contributed by atoms with Gasteiger partial charge in [-0.2, -0.15) is 0 Å². The van der Waals surface area contributed by atoms with Gasteiger partial charge in [0.25, 0.3) is 0 Å². The Bertz CT molecular complexity index is 747. The lowest BCUT2D eigenvalue weighted by atomic mass is 9.98. The Kier molecular flexibility index (Phi) is 7.58. The van der Waals surface area contributed by atoms with Crippen LogP contribution < -0.4 is 10.6 Å². The molecule has 2 N–H and O–H groups in total. The molecule has 0 aromatic heterocycles. The zero-order valence-electron chi connectivity index (χ0n) is 15.3. The van der Waals surface area contributed by atoms with Gasteiger partial charge in [0.1, 0.15) is 0 Å². The molecule has 1 heterocycles. The Labute approximate surface area is 166 Å². The quantitative estimate of drug-likeness (QED) is 0.567. The van der Waals surface area contributed by atoms with Crippen molar-refractivity contribution < 1.29 is 8.42 Å². The summed E-state index contributed by atoms with van der Waals surface area (Å²) >= 11 is 12.2. The molecule has 0 saturated carbocycles. The Hall–Kier alpha value is -1.02. The standard InChI is InChI=1S/C17H26Cl2N4O2S/c1-12(15-5-4-14(18)10-16(15)19)22-17(20-2)21-11-13-6-8-23(9-7-13)26(3,24)25/h4-5,10,12-13H,6-9,11H2,1-3H3,(H2,20,21,22). The first kappa shape index (κ1) is 21.3. The maximum Gasteiger partial charge on any atom is 0.211 e. The van der Waals surface area contributed by atoms with E-state index in [1.165, 1.54) is 6.26 Å². The van der Waals surface area contributed by atoms with Gasteiger partial charge in [-0.15, -0.1) is 0 Å². The molecule has 0 bridgehead atoms. The largest absolute Gasteiger partial charge is 0.356 e. The van der Waals surface area contributed by atoms with Gasteiger partial charge in [-0.05, 0) is 43.4 Å². The van der Waals surface area contributed by atoms with E-state index in [4.69, 9.17) is 23.2 Å². The highest BCUT2D eigenvalue weighted by Crippen LogP contribution is 2.26. The summed E-state index contributed by atoms with van der Waals surface area (Å²) < 4.78 is 24.7. The maximum atomic E-state index is 11.6. The number of halogens is 2. The zero-order valence-corrected chi connectivity index (χ0v) is 17.6. The third-order valence-corrected chi connectivity index (χ3v) is 6.47. The van der Waals surface area contributed by atoms with E-state index in [-0.39, 0.29) is 6.04 Å². The van der Waals surface area contributed by atoms with Crippen molar-refractivity contribution in [2.75, 3.05) is 32.9 Å². The van der Waals surface area contributed by atoms with Crippen LogP contribution in [0.4, 0.5) is 0 Å². The van der Waals surface area contributed by atoms with Crippen molar-refractivity contribution >= 4 is 39.2 Å². The summed E-state index contributed by atoms with van der Waals surface area (Å²) in [5, 5.41) is 7.86. The van der Waals surface area contributed by atoms with Gasteiger partial charge in [-0.25, -0.2) is 12.7 Å². The molecule has 1 aromatic rings. The van der Waals surface area contributed by atoms with Crippen molar-refractivity contribution in [3.63, 3.8) is 0 Å². The minimum absolute atomic E-state index is 0.0296. The summed E-state index contributed by atoms with van der Waals surface area (Å²) in [4.78, 5) is 4.26. The molecule has 1 aromatic carbocycles. The van der Waals surface area contributed by atoms with E-state index in [1.54, 1.807) is 17.4 Å². The predicted molar refractivity (Wildman–Crippen MR) is 109 cm³/mol. The van der Waals surface area contributed by atoms with E-state index in [2.05, 4.69) is 15.6 Å². The Balaban J connectivity index is 1.85. The van der Waals surface area contributed by atoms with Crippen molar-refractivity contribution in [2.24, 2.45) is 10.9 Å². The molecule has 0 radical (unpaired) electrons. The molecule has 0 amide bonds. The molecule has 1 aliphatic rings. The molecule has 2 rings (SSSR count). The number of piperidine rings is 1. The van der Waals surface area contributed by atoms with Gasteiger partial charge in [0.05, 0.1) is 12.3 Å². The van der Waals surface area contributed by atoms with Crippen LogP contribution in [0.2, 0.25) is 10.0 Å². The number of guanidine groups is 1. The van der Waals surface area contributed by atoms with Crippen LogP contribution >= 0.6 is 23.2 Å². The van der Waals surface area contributed by atoms with Crippen molar-refractivity contribution in [3.05, 3.63) is 33.8 Å². The minimum atomic E-state index is -3.08. The van der Waals surface area contributed by atoms with Crippen LogP contribution in [0, 0.1) is 5.92 Å². The highest BCUT2D eigenvalue weighted by molar-refractivity contribution is 7.88. The van der Waals surface area contributed by atoms with E-state index < -0.39 is 10.0 Å². The van der Waals surface area contributed by atoms with E-state index >= 15 is 0 Å². The number of rotatable bonds is 5. The summed E-state index contributed by atoms with van der Waals surface area (Å²) in [5.74, 6) is 1.11. The number of benzene rings is 1. The fourth-order valence-corrected chi connectivity index (χ4v) is 4.46. The van der Waals surface area contributed by atoms with Crippen molar-refractivity contribution in [1.82, 2.24) is 14.9 Å². The predicted octanol–water partition coefficient (Wildman–Crippen LogP) is 2.89. The van der Waals surface area contributed by atoms with Crippen LogP contribution in [0.1, 0.15) is 31.4 Å². The first-order valence-corrected chi connectivity index (χ1v) is 11.2. The number of nitrogens with one attached hydrogen (secondary N) is 2. The van der Waals surface area contributed by atoms with E-state index in [9.17, 15) is 8.42 Å². The average molecular weight is 421 g/mol. The van der Waals surface area contributed by atoms with Crippen LogP contribution in [0.3, 0.4) is 0 Å². The second-order valence-electron chi connectivity index (χ2n) is 6.59. The molecule has 0 spiro atoms. The fraction of sp³-hybridized carbons (Fsp3) is 0.588. The lowest BCUT2D eigenvalue weighted by molar-refractivity contribution is 0.274. The normalized spacial score (nSPS) is 18.6. The zero-order chi connectivity index (χ0) is 19.3. The maximum absolute atomic E-state index is 11.6. The highest BCUT2D eigenvalue weighted by Gasteiger charge is 2.25. The summed E-state index contributed by atoms with van der Waals surface area (Å²) in [6.45, 7) is 3.91. The highest BCUT2D eigenvalue weighted by atomic mass is 35.5. The molecule has 1 aliphatic heterocycles. The lowest BCUT2D eigenvalue weighted by Crippen LogP contribution is -2.44. The van der Waals surface area contributed by atoms with Crippen LogP contribution in [0.15, 0.2) is 23.2 Å². The second-order valence-corrected chi connectivity index (χ2v) is 9.42. The number of nitrogens with zero attached hydrogens (tertiary/aromatic N) is 2. The number of hydrogen-bond donors (Lipinski definition) is 2. The van der Waals surface area contributed by atoms with Gasteiger partial charge >= 0.3 is 0 Å². The van der Waals surface area contributed by atoms with Crippen LogP contribution in [-0.4, -0.2) is 51.6 Å². The van der Waals surface area contributed by atoms with Crippen LogP contribution in [-0.2, 0) is 10.0 Å². The third-order valence-electron chi connectivity index (χ3n) is 4.61. The summed E-state index contributed by atoms with van der Waals surface area (Å²) in [6.07, 6.45) is 2.95. The summed E-state index contributed by atoms with van der Waals surface area (Å²) in [6, 6.07) is 5.41. The molecule has 26 heavy (non-hydrogen) atoms. The van der Waals surface area contributed by atoms with Gasteiger partial charge < -0.3 is 10.6 Å². The molecule has 1 fully saturated rings. The van der Waals surface area contributed by atoms with E-state index in [0.717, 1.165) is 24.9 Å². The number of sulfonamides is 1. The molecular formula is C17H26Cl2N4O2S. The van der Waals surface area contributed by atoms with E-state index in [0.29, 0.717) is 35.0 Å². The molecular weight excluding hydrogens is 395 g/mol. The molecule has 1 unspecified atom stereocenters. The third kappa shape index (κ3) is 6.01. The molecule has 6 nitrogen and oxygen atoms in total. The first-order valence-electron chi connectivity index (χ1n) is 8.58. The van der Waals surface area contributed by atoms with Gasteiger partial charge in [0.2, 0.25) is 10.0 Å². The monoisotopic (exact) mass is 420 g/mol. The molecule has 146 valence electrons. The van der Waals surface area contributed by atoms with E-state index in [1.807, 2.05) is 19.1 Å². The second kappa shape index (κ2) is 9.26. The van der Waals surface area contributed by atoms with Gasteiger partial charge in [0.15, 0.2) is 5.96 Å². The average Bonchev–Trinajstić information content (AvgIpc) is 2.58.